The molecule has 0 amide bonds. The Morgan fingerprint density at radius 3 is 0.769 bits per heavy atom. The van der Waals surface area contributed by atoms with Gasteiger partial charge in [0.2, 0.25) is 0 Å². The van der Waals surface area contributed by atoms with Crippen molar-refractivity contribution in [2.24, 2.45) is 0 Å². The summed E-state index contributed by atoms with van der Waals surface area (Å²) in [5, 5.41) is 245. The fourth-order valence-electron chi connectivity index (χ4n) is 9.77. The minimum atomic E-state index is -2.40. The summed E-state index contributed by atoms with van der Waals surface area (Å²) in [5.74, 6) is 0. The molecule has 36 nitrogen and oxygen atoms in total. The van der Waals surface area contributed by atoms with Gasteiger partial charge in [-0.15, -0.1) is 0 Å². The zero-order chi connectivity index (χ0) is 57.3. The van der Waals surface area contributed by atoms with Crippen molar-refractivity contribution in [3.8, 4) is 0 Å². The van der Waals surface area contributed by atoms with Crippen LogP contribution in [-0.2, 0) is 61.6 Å². The molecule has 7 saturated heterocycles. The molecule has 7 aliphatic rings. The second-order valence-electron chi connectivity index (χ2n) is 19.6. The van der Waals surface area contributed by atoms with Crippen molar-refractivity contribution in [2.75, 3.05) is 46.2 Å². The van der Waals surface area contributed by atoms with Crippen molar-refractivity contribution >= 4 is 0 Å². The average Bonchev–Trinajstić information content (AvgIpc) is 3.43. The molecular formula is C42H72O36. The van der Waals surface area contributed by atoms with E-state index in [1.165, 1.54) is 0 Å². The highest BCUT2D eigenvalue weighted by molar-refractivity contribution is 5.00. The van der Waals surface area contributed by atoms with Crippen molar-refractivity contribution in [1.29, 1.82) is 0 Å². The molecule has 35 atom stereocenters. The topological polar surface area (TPSA) is 585 Å². The molecule has 0 aromatic carbocycles. The lowest BCUT2D eigenvalue weighted by Gasteiger charge is -2.50. The van der Waals surface area contributed by atoms with E-state index in [2.05, 4.69) is 0 Å². The molecule has 7 rings (SSSR count). The predicted octanol–water partition coefficient (Wildman–Crippen LogP) is -16.3. The first-order valence-corrected chi connectivity index (χ1v) is 24.7. The van der Waals surface area contributed by atoms with Gasteiger partial charge < -0.3 is 179 Å². The molecule has 0 aromatic rings. The quantitative estimate of drug-likeness (QED) is 0.0571. The zero-order valence-electron chi connectivity index (χ0n) is 40.8. The van der Waals surface area contributed by atoms with Gasteiger partial charge in [-0.3, -0.25) is 0 Å². The lowest BCUT2D eigenvalue weighted by Crippen LogP contribution is -2.68. The molecule has 7 aliphatic heterocycles. The van der Waals surface area contributed by atoms with Crippen LogP contribution in [0.3, 0.4) is 0 Å². The first-order valence-electron chi connectivity index (χ1n) is 24.7. The highest BCUT2D eigenvalue weighted by Crippen LogP contribution is 2.37. The van der Waals surface area contributed by atoms with Gasteiger partial charge in [0, 0.05) is 0 Å². The van der Waals surface area contributed by atoms with E-state index >= 15 is 0 Å². The van der Waals surface area contributed by atoms with E-state index in [4.69, 9.17) is 61.6 Å². The summed E-state index contributed by atoms with van der Waals surface area (Å²) in [6, 6.07) is 0. The summed E-state index contributed by atoms with van der Waals surface area (Å²) in [6.45, 7) is -6.68. The lowest BCUT2D eigenvalue weighted by molar-refractivity contribution is -0.398. The number of aliphatic hydroxyl groups is 23. The van der Waals surface area contributed by atoms with E-state index in [-0.39, 0.29) is 0 Å². The van der Waals surface area contributed by atoms with Crippen LogP contribution < -0.4 is 0 Å². The maximum Gasteiger partial charge on any atom is 0.187 e. The highest BCUT2D eigenvalue weighted by atomic mass is 16.8. The third-order valence-electron chi connectivity index (χ3n) is 14.5. The molecule has 7 heterocycles. The van der Waals surface area contributed by atoms with Crippen molar-refractivity contribution in [3.63, 3.8) is 0 Å². The van der Waals surface area contributed by atoms with Crippen LogP contribution in [0.5, 0.6) is 0 Å². The minimum absolute atomic E-state index is 0.884. The van der Waals surface area contributed by atoms with Gasteiger partial charge in [0.1, 0.15) is 171 Å². The Labute approximate surface area is 439 Å². The van der Waals surface area contributed by atoms with E-state index in [1.54, 1.807) is 0 Å². The molecule has 0 bridgehead atoms. The lowest BCUT2D eigenvalue weighted by atomic mass is 9.95. The first kappa shape index (κ1) is 64.1. The van der Waals surface area contributed by atoms with Crippen LogP contribution in [0.25, 0.3) is 0 Å². The molecule has 23 N–H and O–H groups in total. The summed E-state index contributed by atoms with van der Waals surface area (Å²) >= 11 is 0. The number of ether oxygens (including phenoxy) is 13. The van der Waals surface area contributed by atoms with E-state index in [0.29, 0.717) is 0 Å². The SMILES string of the molecule is OCC1O[C@@H](OCC2O[C@H](O[C@@H]3C(O)[C@H](O[C@@H]4C(O)[C@@H](O[C@@H]5C(O)C(O)OC(CO)[C@H]5O)OC(CO[C@@H]5OC(CO)[C@@H](O)[C@H](O)C5O)[C@H]4O)OC(CO)[C@H]3O)C(O)[C@@H](O[C@@H]3OC(CO)[C@@H](O)[C@H](O)C3O)[C@@H]2O)C(O)[C@@H](O)[C@@H]1O. The predicted molar refractivity (Wildman–Crippen MR) is 232 cm³/mol. The molecule has 0 aromatic heterocycles. The first-order chi connectivity index (χ1) is 36.9. The van der Waals surface area contributed by atoms with E-state index < -0.39 is 261 Å². The van der Waals surface area contributed by atoms with Gasteiger partial charge in [-0.05, 0) is 0 Å². The minimum Gasteiger partial charge on any atom is -0.394 e. The third-order valence-corrected chi connectivity index (χ3v) is 14.5. The Morgan fingerprint density at radius 1 is 0.218 bits per heavy atom. The Balaban J connectivity index is 1.15. The molecule has 15 unspecified atom stereocenters. The molecule has 0 aliphatic carbocycles. The maximum absolute atomic E-state index is 11.9. The normalized spacial score (nSPS) is 53.5. The highest BCUT2D eigenvalue weighted by Gasteiger charge is 2.58. The molecular weight excluding hydrogens is 1080 g/mol. The maximum atomic E-state index is 11.9. The van der Waals surface area contributed by atoms with Gasteiger partial charge in [-0.25, -0.2) is 0 Å². The largest absolute Gasteiger partial charge is 0.394 e. The van der Waals surface area contributed by atoms with Crippen LogP contribution in [0, 0.1) is 0 Å². The second-order valence-corrected chi connectivity index (χ2v) is 19.6. The van der Waals surface area contributed by atoms with Crippen molar-refractivity contribution in [3.05, 3.63) is 0 Å². The van der Waals surface area contributed by atoms with Gasteiger partial charge in [0.15, 0.2) is 44.0 Å². The van der Waals surface area contributed by atoms with Gasteiger partial charge >= 0.3 is 0 Å². The second kappa shape index (κ2) is 27.5. The average molecular weight is 1150 g/mol. The molecule has 78 heavy (non-hydrogen) atoms. The number of hydrogen-bond donors (Lipinski definition) is 23. The van der Waals surface area contributed by atoms with E-state index in [1.807, 2.05) is 0 Å². The Morgan fingerprint density at radius 2 is 0.449 bits per heavy atom. The molecule has 0 saturated carbocycles. The van der Waals surface area contributed by atoms with Crippen molar-refractivity contribution < 1.29 is 179 Å². The molecule has 456 valence electrons. The molecule has 7 fully saturated rings. The van der Waals surface area contributed by atoms with Crippen molar-refractivity contribution in [1.82, 2.24) is 0 Å². The monoisotopic (exact) mass is 1150 g/mol. The van der Waals surface area contributed by atoms with Gasteiger partial charge in [-0.2, -0.15) is 0 Å². The standard InChI is InChI=1S/C42H72O36/c43-1-8-15(48)22(55)25(58)37(69-8)66-6-13-20(53)34(76-39-27(60)24(57)17(50)10(3-45)71-39)30(63)42(74-13)77-33-19(52)12(5-47)72-40(29(33)62)78-35-21(54)14(7-67-38-26(59)23(56)16(49)9(2-44)70-38)73-41(31(35)64)75-32-18(51)11(4-46)68-36(65)28(32)61/h8-65H,1-7H2/t8?,9?,10?,11?,12?,13?,14?,15-,16-,17-,18-,19-,20-,21-,22+,23+,24+,25?,26?,27?,28?,29?,30?,31?,32+,33+,34+,35+,36?,37-,38-,39+,40+,41-,42-/m1/s1. The zero-order valence-corrected chi connectivity index (χ0v) is 40.8. The summed E-state index contributed by atoms with van der Waals surface area (Å²) in [4.78, 5) is 0. The Hall–Kier alpha value is -1.44. The fraction of sp³-hybridized carbons (Fsp3) is 1.00. The summed E-state index contributed by atoms with van der Waals surface area (Å²) in [6.07, 6.45) is -70.3. The Bertz CT molecular complexity index is 1810. The van der Waals surface area contributed by atoms with Crippen LogP contribution >= 0.6 is 0 Å². The molecule has 36 heteroatoms. The van der Waals surface area contributed by atoms with Crippen LogP contribution in [0.1, 0.15) is 0 Å². The van der Waals surface area contributed by atoms with Crippen LogP contribution in [-0.4, -0.2) is 379 Å². The van der Waals surface area contributed by atoms with Crippen LogP contribution in [0.15, 0.2) is 0 Å². The summed E-state index contributed by atoms with van der Waals surface area (Å²) < 4.78 is 72.5. The van der Waals surface area contributed by atoms with E-state index in [9.17, 15) is 117 Å². The fourth-order valence-corrected chi connectivity index (χ4v) is 9.77. The molecule has 0 radical (unpaired) electrons. The van der Waals surface area contributed by atoms with Gasteiger partial charge in [0.25, 0.3) is 0 Å². The number of rotatable bonds is 19. The van der Waals surface area contributed by atoms with Gasteiger partial charge in [-0.1, -0.05) is 0 Å². The van der Waals surface area contributed by atoms with Crippen molar-refractivity contribution in [2.45, 2.75) is 215 Å². The van der Waals surface area contributed by atoms with Crippen LogP contribution in [0.2, 0.25) is 0 Å². The number of aliphatic hydroxyl groups excluding tert-OH is 23. The molecule has 0 spiro atoms. The van der Waals surface area contributed by atoms with Crippen LogP contribution in [0.4, 0.5) is 0 Å². The summed E-state index contributed by atoms with van der Waals surface area (Å²) in [7, 11) is 0. The van der Waals surface area contributed by atoms with Gasteiger partial charge in [0.05, 0.1) is 46.2 Å². The van der Waals surface area contributed by atoms with E-state index in [0.717, 1.165) is 0 Å². The summed E-state index contributed by atoms with van der Waals surface area (Å²) in [5.41, 5.74) is 0. The Kier molecular flexibility index (Phi) is 22.6. The smallest absolute Gasteiger partial charge is 0.187 e. The number of hydrogen-bond acceptors (Lipinski definition) is 36. The third kappa shape index (κ3) is 13.2.